The molecule has 0 aliphatic carbocycles. The molecule has 0 fully saturated rings. The van der Waals surface area contributed by atoms with Crippen molar-refractivity contribution in [2.75, 3.05) is 10.8 Å². The summed E-state index contributed by atoms with van der Waals surface area (Å²) >= 11 is 0. The van der Waals surface area contributed by atoms with Gasteiger partial charge in [-0.25, -0.2) is 8.42 Å². The van der Waals surface area contributed by atoms with Crippen molar-refractivity contribution in [3.05, 3.63) is 96.1 Å². The Kier molecular flexibility index (Phi) is 9.92. The topological polar surface area (TPSA) is 86.8 Å². The molecule has 0 unspecified atom stereocenters. The van der Waals surface area contributed by atoms with Crippen molar-refractivity contribution in [2.45, 2.75) is 70.5 Å². The van der Waals surface area contributed by atoms with Gasteiger partial charge >= 0.3 is 0 Å². The van der Waals surface area contributed by atoms with Crippen LogP contribution in [0, 0.1) is 0 Å². The third kappa shape index (κ3) is 7.93. The van der Waals surface area contributed by atoms with Gasteiger partial charge in [-0.1, -0.05) is 74.5 Å². The molecule has 208 valence electrons. The fourth-order valence-corrected chi connectivity index (χ4v) is 5.73. The van der Waals surface area contributed by atoms with Crippen LogP contribution in [0.25, 0.3) is 0 Å². The number of carbonyl (C=O) groups is 2. The first kappa shape index (κ1) is 29.9. The number of nitrogens with zero attached hydrogens (tertiary/aromatic N) is 2. The molecule has 0 aliphatic rings. The monoisotopic (exact) mass is 549 g/mol. The van der Waals surface area contributed by atoms with Gasteiger partial charge in [0.15, 0.2) is 0 Å². The summed E-state index contributed by atoms with van der Waals surface area (Å²) in [5, 5.41) is 2.98. The predicted octanol–water partition coefficient (Wildman–Crippen LogP) is 5.17. The molecule has 3 aromatic rings. The van der Waals surface area contributed by atoms with E-state index in [1.807, 2.05) is 77.1 Å². The zero-order chi connectivity index (χ0) is 28.6. The summed E-state index contributed by atoms with van der Waals surface area (Å²) in [4.78, 5) is 29.0. The minimum atomic E-state index is -4.07. The van der Waals surface area contributed by atoms with Gasteiger partial charge in [-0.3, -0.25) is 13.9 Å². The Balaban J connectivity index is 2.05. The average molecular weight is 550 g/mol. The summed E-state index contributed by atoms with van der Waals surface area (Å²) in [5.74, 6) is -0.743. The Hall–Kier alpha value is -3.65. The fraction of sp³-hybridized carbons (Fsp3) is 0.355. The summed E-state index contributed by atoms with van der Waals surface area (Å²) in [6.07, 6.45) is 1.17. The first-order chi connectivity index (χ1) is 18.5. The molecular formula is C31H39N3O4S. The first-order valence-electron chi connectivity index (χ1n) is 13.3. The van der Waals surface area contributed by atoms with Crippen LogP contribution in [0.5, 0.6) is 0 Å². The highest BCUT2D eigenvalue weighted by Gasteiger charge is 2.34. The van der Waals surface area contributed by atoms with E-state index in [9.17, 15) is 18.0 Å². The van der Waals surface area contributed by atoms with Gasteiger partial charge in [0.1, 0.15) is 12.6 Å². The van der Waals surface area contributed by atoms with Gasteiger partial charge in [0.2, 0.25) is 11.8 Å². The maximum Gasteiger partial charge on any atom is 0.264 e. The highest BCUT2D eigenvalue weighted by atomic mass is 32.2. The smallest absolute Gasteiger partial charge is 0.264 e. The molecule has 3 rings (SSSR count). The van der Waals surface area contributed by atoms with Crippen molar-refractivity contribution >= 4 is 27.5 Å². The summed E-state index contributed by atoms with van der Waals surface area (Å²) in [6.45, 7) is 9.24. The molecule has 0 saturated carbocycles. The molecule has 0 bridgehead atoms. The number of sulfonamides is 1. The molecule has 2 amide bonds. The largest absolute Gasteiger partial charge is 0.350 e. The standard InChI is InChI=1S/C31H39N3O4S/c1-6-24-18-20-26(21-19-24)34(39(37,38)27-16-12-9-13-17-27)23-29(35)33(22-25-14-10-8-11-15-25)28(7-2)30(36)32-31(3,4)5/h8-21,28H,6-7,22-23H2,1-5H3,(H,32,36)/t28-/m1/s1. The number of aryl methyl sites for hydroxylation is 1. The lowest BCUT2D eigenvalue weighted by Crippen LogP contribution is -2.55. The van der Waals surface area contributed by atoms with Crippen LogP contribution in [-0.2, 0) is 32.6 Å². The second-order valence-electron chi connectivity index (χ2n) is 10.5. The Labute approximate surface area is 232 Å². The van der Waals surface area contributed by atoms with E-state index >= 15 is 0 Å². The lowest BCUT2D eigenvalue weighted by molar-refractivity contribution is -0.141. The van der Waals surface area contributed by atoms with Crippen LogP contribution in [0.4, 0.5) is 5.69 Å². The molecule has 1 atom stereocenters. The zero-order valence-electron chi connectivity index (χ0n) is 23.4. The molecule has 0 heterocycles. The summed E-state index contributed by atoms with van der Waals surface area (Å²) in [7, 11) is -4.07. The minimum Gasteiger partial charge on any atom is -0.350 e. The van der Waals surface area contributed by atoms with E-state index in [0.29, 0.717) is 12.1 Å². The van der Waals surface area contributed by atoms with E-state index in [1.165, 1.54) is 17.0 Å². The third-order valence-corrected chi connectivity index (χ3v) is 8.11. The van der Waals surface area contributed by atoms with Gasteiger partial charge in [-0.05, 0) is 69.0 Å². The van der Waals surface area contributed by atoms with E-state index in [0.717, 1.165) is 21.9 Å². The quantitative estimate of drug-likeness (QED) is 0.358. The zero-order valence-corrected chi connectivity index (χ0v) is 24.2. The summed E-state index contributed by atoms with van der Waals surface area (Å²) in [6, 6.07) is 23.9. The van der Waals surface area contributed by atoms with E-state index in [1.54, 1.807) is 30.3 Å². The minimum absolute atomic E-state index is 0.0875. The summed E-state index contributed by atoms with van der Waals surface area (Å²) < 4.78 is 28.8. The molecule has 0 aromatic heterocycles. The van der Waals surface area contributed by atoms with E-state index in [-0.39, 0.29) is 17.3 Å². The Morgan fingerprint density at radius 3 is 1.90 bits per heavy atom. The Bertz CT molecular complexity index is 1340. The second kappa shape index (κ2) is 12.9. The molecule has 7 nitrogen and oxygen atoms in total. The van der Waals surface area contributed by atoms with Crippen molar-refractivity contribution in [1.29, 1.82) is 0 Å². The highest BCUT2D eigenvalue weighted by Crippen LogP contribution is 2.25. The molecule has 0 aliphatic heterocycles. The number of amides is 2. The van der Waals surface area contributed by atoms with Crippen LogP contribution in [0.2, 0.25) is 0 Å². The highest BCUT2D eigenvalue weighted by molar-refractivity contribution is 7.92. The van der Waals surface area contributed by atoms with Gasteiger partial charge in [0.05, 0.1) is 10.6 Å². The van der Waals surface area contributed by atoms with Crippen LogP contribution < -0.4 is 9.62 Å². The van der Waals surface area contributed by atoms with Crippen LogP contribution >= 0.6 is 0 Å². The fourth-order valence-electron chi connectivity index (χ4n) is 4.30. The van der Waals surface area contributed by atoms with Crippen molar-refractivity contribution in [1.82, 2.24) is 10.2 Å². The number of anilines is 1. The molecule has 0 saturated heterocycles. The number of benzene rings is 3. The lowest BCUT2D eigenvalue weighted by atomic mass is 10.1. The van der Waals surface area contributed by atoms with Crippen LogP contribution in [-0.4, -0.2) is 43.3 Å². The second-order valence-corrected chi connectivity index (χ2v) is 12.4. The summed E-state index contributed by atoms with van der Waals surface area (Å²) in [5.41, 5.74) is 1.79. The van der Waals surface area contributed by atoms with Crippen molar-refractivity contribution < 1.29 is 18.0 Å². The van der Waals surface area contributed by atoms with E-state index < -0.39 is 34.1 Å². The van der Waals surface area contributed by atoms with Crippen LogP contribution in [0.15, 0.2) is 89.8 Å². The molecule has 0 spiro atoms. The van der Waals surface area contributed by atoms with Gasteiger partial charge in [-0.2, -0.15) is 0 Å². The first-order valence-corrected chi connectivity index (χ1v) is 14.7. The number of carbonyl (C=O) groups excluding carboxylic acids is 2. The molecule has 1 N–H and O–H groups in total. The molecule has 39 heavy (non-hydrogen) atoms. The normalized spacial score (nSPS) is 12.4. The molecular weight excluding hydrogens is 510 g/mol. The average Bonchev–Trinajstić information content (AvgIpc) is 2.91. The SMILES string of the molecule is CCc1ccc(N(CC(=O)N(Cc2ccccc2)[C@H](CC)C(=O)NC(C)(C)C)S(=O)(=O)c2ccccc2)cc1. The molecule has 0 radical (unpaired) electrons. The van der Waals surface area contributed by atoms with E-state index in [4.69, 9.17) is 0 Å². The third-order valence-electron chi connectivity index (χ3n) is 6.32. The van der Waals surface area contributed by atoms with Gasteiger partial charge < -0.3 is 10.2 Å². The maximum atomic E-state index is 14.0. The maximum absolute atomic E-state index is 14.0. The van der Waals surface area contributed by atoms with E-state index in [2.05, 4.69) is 5.32 Å². The molecule has 8 heteroatoms. The van der Waals surface area contributed by atoms with Gasteiger partial charge in [0, 0.05) is 12.1 Å². The van der Waals surface area contributed by atoms with Crippen LogP contribution in [0.1, 0.15) is 52.2 Å². The van der Waals surface area contributed by atoms with Gasteiger partial charge in [-0.15, -0.1) is 0 Å². The number of nitrogens with one attached hydrogen (secondary N) is 1. The van der Waals surface area contributed by atoms with Crippen LogP contribution in [0.3, 0.4) is 0 Å². The lowest BCUT2D eigenvalue weighted by Gasteiger charge is -2.34. The number of hydrogen-bond acceptors (Lipinski definition) is 4. The van der Waals surface area contributed by atoms with Gasteiger partial charge in [0.25, 0.3) is 10.0 Å². The Morgan fingerprint density at radius 2 is 1.38 bits per heavy atom. The number of hydrogen-bond donors (Lipinski definition) is 1. The predicted molar refractivity (Wildman–Crippen MR) is 156 cm³/mol. The van der Waals surface area contributed by atoms with Crippen molar-refractivity contribution in [2.24, 2.45) is 0 Å². The Morgan fingerprint density at radius 1 is 0.821 bits per heavy atom. The molecule has 3 aromatic carbocycles. The van der Waals surface area contributed by atoms with Crippen molar-refractivity contribution in [3.63, 3.8) is 0 Å². The van der Waals surface area contributed by atoms with Crippen molar-refractivity contribution in [3.8, 4) is 0 Å². The number of rotatable bonds is 11.